The fourth-order valence-corrected chi connectivity index (χ4v) is 1.29. The van der Waals surface area contributed by atoms with Gasteiger partial charge >= 0.3 is 5.69 Å². The number of nitrogens with one attached hydrogen (secondary N) is 1. The third-order valence-electron chi connectivity index (χ3n) is 2.21. The van der Waals surface area contributed by atoms with E-state index in [4.69, 9.17) is 0 Å². The van der Waals surface area contributed by atoms with Crippen molar-refractivity contribution in [1.29, 1.82) is 0 Å². The monoisotopic (exact) mass is 223 g/mol. The van der Waals surface area contributed by atoms with Gasteiger partial charge in [0.25, 0.3) is 5.56 Å². The zero-order chi connectivity index (χ0) is 11.7. The van der Waals surface area contributed by atoms with Crippen LogP contribution in [0.2, 0.25) is 0 Å². The van der Waals surface area contributed by atoms with Gasteiger partial charge in [-0.05, 0) is 6.92 Å². The van der Waals surface area contributed by atoms with E-state index in [1.807, 2.05) is 0 Å². The molecule has 0 saturated heterocycles. The number of aromatic nitrogens is 3. The fourth-order valence-electron chi connectivity index (χ4n) is 1.29. The van der Waals surface area contributed by atoms with Crippen LogP contribution in [0, 0.1) is 6.92 Å². The van der Waals surface area contributed by atoms with Crippen LogP contribution in [0.15, 0.2) is 26.4 Å². The maximum absolute atomic E-state index is 11.4. The molecule has 0 fully saturated rings. The first-order valence-corrected chi connectivity index (χ1v) is 4.51. The molecule has 7 heteroatoms. The lowest BCUT2D eigenvalue weighted by Crippen LogP contribution is -2.31. The largest absolute Gasteiger partial charge is 0.494 e. The number of hydrogen-bond donors (Lipinski definition) is 2. The molecule has 2 aromatic heterocycles. The predicted octanol–water partition coefficient (Wildman–Crippen LogP) is -0.413. The number of aromatic amines is 1. The predicted molar refractivity (Wildman–Crippen MR) is 53.3 cm³/mol. The molecular formula is C9H9N3O4. The first-order valence-electron chi connectivity index (χ1n) is 4.51. The number of aromatic hydroxyl groups is 1. The van der Waals surface area contributed by atoms with Crippen LogP contribution < -0.4 is 11.2 Å². The van der Waals surface area contributed by atoms with Crippen LogP contribution in [0.1, 0.15) is 11.3 Å². The molecule has 2 heterocycles. The molecule has 2 aromatic rings. The summed E-state index contributed by atoms with van der Waals surface area (Å²) < 4.78 is 5.61. The van der Waals surface area contributed by atoms with Crippen LogP contribution in [0.5, 0.6) is 5.88 Å². The minimum atomic E-state index is -0.684. The van der Waals surface area contributed by atoms with E-state index in [-0.39, 0.29) is 18.0 Å². The summed E-state index contributed by atoms with van der Waals surface area (Å²) in [6, 6.07) is 1.56. The van der Waals surface area contributed by atoms with Crippen LogP contribution in [-0.4, -0.2) is 19.8 Å². The van der Waals surface area contributed by atoms with Gasteiger partial charge in [-0.2, -0.15) is 0 Å². The molecule has 2 N–H and O–H groups in total. The van der Waals surface area contributed by atoms with Crippen molar-refractivity contribution >= 4 is 0 Å². The smallest absolute Gasteiger partial charge is 0.331 e. The molecule has 0 aliphatic heterocycles. The maximum atomic E-state index is 11.4. The molecule has 0 bridgehead atoms. The zero-order valence-corrected chi connectivity index (χ0v) is 8.43. The summed E-state index contributed by atoms with van der Waals surface area (Å²) in [6.45, 7) is 1.46. The van der Waals surface area contributed by atoms with Crippen molar-refractivity contribution < 1.29 is 9.63 Å². The summed E-state index contributed by atoms with van der Waals surface area (Å²) in [7, 11) is 0. The molecule has 0 spiro atoms. The Morgan fingerprint density at radius 3 is 2.94 bits per heavy atom. The molecule has 0 aliphatic rings. The van der Waals surface area contributed by atoms with Gasteiger partial charge in [-0.3, -0.25) is 14.3 Å². The molecule has 0 atom stereocenters. The summed E-state index contributed by atoms with van der Waals surface area (Å²) in [5.41, 5.74) is -0.720. The van der Waals surface area contributed by atoms with Crippen molar-refractivity contribution in [2.45, 2.75) is 13.5 Å². The lowest BCUT2D eigenvalue weighted by Gasteiger charge is -2.06. The van der Waals surface area contributed by atoms with Crippen LogP contribution >= 0.6 is 0 Å². The van der Waals surface area contributed by atoms with Gasteiger partial charge in [-0.1, -0.05) is 5.16 Å². The second-order valence-corrected chi connectivity index (χ2v) is 3.28. The molecule has 7 nitrogen and oxygen atoms in total. The molecule has 2 rings (SSSR count). The Bertz CT molecular complexity index is 609. The average molecular weight is 223 g/mol. The first-order chi connectivity index (χ1) is 7.59. The van der Waals surface area contributed by atoms with E-state index in [9.17, 15) is 14.7 Å². The molecule has 0 saturated carbocycles. The van der Waals surface area contributed by atoms with Gasteiger partial charge in [0.1, 0.15) is 12.0 Å². The molecule has 0 radical (unpaired) electrons. The van der Waals surface area contributed by atoms with Gasteiger partial charge in [0, 0.05) is 6.07 Å². The van der Waals surface area contributed by atoms with E-state index in [0.717, 1.165) is 4.57 Å². The van der Waals surface area contributed by atoms with E-state index in [1.165, 1.54) is 13.2 Å². The van der Waals surface area contributed by atoms with Crippen molar-refractivity contribution in [1.82, 2.24) is 14.7 Å². The van der Waals surface area contributed by atoms with E-state index in [0.29, 0.717) is 5.69 Å². The molecular weight excluding hydrogens is 214 g/mol. The average Bonchev–Trinajstić information content (AvgIpc) is 2.74. The Morgan fingerprint density at radius 1 is 1.56 bits per heavy atom. The van der Waals surface area contributed by atoms with Crippen LogP contribution in [0.25, 0.3) is 0 Å². The molecule has 0 unspecified atom stereocenters. The van der Waals surface area contributed by atoms with Crippen molar-refractivity contribution in [3.63, 3.8) is 0 Å². The van der Waals surface area contributed by atoms with Gasteiger partial charge < -0.3 is 9.63 Å². The van der Waals surface area contributed by atoms with Crippen LogP contribution in [0.4, 0.5) is 0 Å². The van der Waals surface area contributed by atoms with Gasteiger partial charge in [0.15, 0.2) is 0 Å². The second-order valence-electron chi connectivity index (χ2n) is 3.28. The Balaban J connectivity index is 2.53. The summed E-state index contributed by atoms with van der Waals surface area (Å²) >= 11 is 0. The highest BCUT2D eigenvalue weighted by Crippen LogP contribution is 2.09. The van der Waals surface area contributed by atoms with E-state index in [2.05, 4.69) is 14.7 Å². The second kappa shape index (κ2) is 3.69. The van der Waals surface area contributed by atoms with Crippen molar-refractivity contribution in [2.24, 2.45) is 0 Å². The number of nitrogens with zero attached hydrogens (tertiary/aromatic N) is 2. The molecule has 0 aromatic carbocycles. The Kier molecular flexibility index (Phi) is 2.35. The first kappa shape index (κ1) is 10.2. The highest BCUT2D eigenvalue weighted by atomic mass is 16.5. The van der Waals surface area contributed by atoms with E-state index >= 15 is 0 Å². The van der Waals surface area contributed by atoms with E-state index in [1.54, 1.807) is 6.07 Å². The van der Waals surface area contributed by atoms with E-state index < -0.39 is 11.2 Å². The minimum absolute atomic E-state index is 0.0405. The summed E-state index contributed by atoms with van der Waals surface area (Å²) in [6.07, 6.45) is 1.36. The Hall–Kier alpha value is -2.31. The molecule has 16 heavy (non-hydrogen) atoms. The van der Waals surface area contributed by atoms with Crippen LogP contribution in [0.3, 0.4) is 0 Å². The fraction of sp³-hybridized carbons (Fsp3) is 0.222. The summed E-state index contributed by atoms with van der Waals surface area (Å²) in [4.78, 5) is 24.7. The molecule has 84 valence electrons. The van der Waals surface area contributed by atoms with Gasteiger partial charge in [0.05, 0.1) is 12.1 Å². The lowest BCUT2D eigenvalue weighted by molar-refractivity contribution is 0.388. The quantitative estimate of drug-likeness (QED) is 0.720. The van der Waals surface area contributed by atoms with Crippen molar-refractivity contribution in [3.05, 3.63) is 44.4 Å². The minimum Gasteiger partial charge on any atom is -0.494 e. The number of hydrogen-bond acceptors (Lipinski definition) is 5. The third-order valence-corrected chi connectivity index (χ3v) is 2.21. The highest BCUT2D eigenvalue weighted by molar-refractivity contribution is 5.21. The molecule has 0 amide bonds. The Labute approximate surface area is 89.0 Å². The SMILES string of the molecule is Cc1c(O)n(Cc2ccon2)c(=O)[nH]c1=O. The number of H-pyrrole nitrogens is 1. The van der Waals surface area contributed by atoms with Crippen molar-refractivity contribution in [2.75, 3.05) is 0 Å². The normalized spacial score (nSPS) is 10.6. The highest BCUT2D eigenvalue weighted by Gasteiger charge is 2.11. The summed E-state index contributed by atoms with van der Waals surface area (Å²) in [5, 5.41) is 13.3. The summed E-state index contributed by atoms with van der Waals surface area (Å²) in [5.74, 6) is -0.364. The molecule has 0 aliphatic carbocycles. The van der Waals surface area contributed by atoms with Gasteiger partial charge in [-0.15, -0.1) is 0 Å². The van der Waals surface area contributed by atoms with Crippen LogP contribution in [-0.2, 0) is 6.54 Å². The number of rotatable bonds is 2. The maximum Gasteiger partial charge on any atom is 0.331 e. The lowest BCUT2D eigenvalue weighted by atomic mass is 10.3. The van der Waals surface area contributed by atoms with Gasteiger partial charge in [-0.25, -0.2) is 4.79 Å². The standard InChI is InChI=1S/C9H9N3O4/c1-5-7(13)10-9(15)12(8(5)14)4-6-2-3-16-11-6/h2-3,14H,4H2,1H3,(H,10,13,15). The third kappa shape index (κ3) is 1.62. The topological polar surface area (TPSA) is 101 Å². The van der Waals surface area contributed by atoms with Gasteiger partial charge in [0.2, 0.25) is 5.88 Å². The van der Waals surface area contributed by atoms with Crippen molar-refractivity contribution in [3.8, 4) is 5.88 Å². The zero-order valence-electron chi connectivity index (χ0n) is 8.43. The Morgan fingerprint density at radius 2 is 2.31 bits per heavy atom.